The number of rotatable bonds is 4. The first-order valence-electron chi connectivity index (χ1n) is 12.8. The van der Waals surface area contributed by atoms with Crippen LogP contribution in [0, 0.1) is 34.5 Å². The Morgan fingerprint density at radius 2 is 1.82 bits per heavy atom. The highest BCUT2D eigenvalue weighted by Gasteiger charge is 2.59. The molecule has 0 radical (unpaired) electrons. The number of hydrazone groups is 1. The predicted octanol–water partition coefficient (Wildman–Crippen LogP) is 4.61. The van der Waals surface area contributed by atoms with E-state index in [0.29, 0.717) is 17.6 Å². The first-order chi connectivity index (χ1) is 15.8. The average Bonchev–Trinajstić information content (AvgIpc) is 3.16. The summed E-state index contributed by atoms with van der Waals surface area (Å²) in [5.41, 5.74) is 5.76. The number of pyridine rings is 1. The number of aromatic nitrogens is 1. The molecule has 1 N–H and O–H groups in total. The Balaban J connectivity index is 1.29. The van der Waals surface area contributed by atoms with Gasteiger partial charge < -0.3 is 0 Å². The smallest absolute Gasteiger partial charge is 0.300 e. The minimum atomic E-state index is -0.0954. The van der Waals surface area contributed by atoms with Crippen LogP contribution in [0.25, 0.3) is 0 Å². The molecule has 5 heteroatoms. The molecule has 4 aliphatic carbocycles. The van der Waals surface area contributed by atoms with Gasteiger partial charge >= 0.3 is 5.91 Å². The lowest BCUT2D eigenvalue weighted by Crippen LogP contribution is -2.51. The SMILES string of the molecule is CC(=O)[C@H]1CC[C@H]2[C@@H]3CCC4=C/C(=N\NC(=O)C[n+]5ccccc5)CC[C@]4(C)[C@H]3CC[C@]12C. The highest BCUT2D eigenvalue weighted by atomic mass is 16.2. The zero-order chi connectivity index (χ0) is 23.2. The minimum absolute atomic E-state index is 0.0954. The third-order valence-electron chi connectivity index (χ3n) is 9.90. The Hall–Kier alpha value is -2.30. The number of carbonyl (C=O) groups excluding carboxylic acids is 2. The molecule has 4 aliphatic rings. The summed E-state index contributed by atoms with van der Waals surface area (Å²) < 4.78 is 1.85. The van der Waals surface area contributed by atoms with Gasteiger partial charge in [-0.2, -0.15) is 9.67 Å². The van der Waals surface area contributed by atoms with Crippen LogP contribution < -0.4 is 9.99 Å². The number of hydrogen-bond donors (Lipinski definition) is 1. The van der Waals surface area contributed by atoms with Crippen molar-refractivity contribution in [2.45, 2.75) is 78.7 Å². The van der Waals surface area contributed by atoms with Gasteiger partial charge in [-0.3, -0.25) is 9.59 Å². The summed E-state index contributed by atoms with van der Waals surface area (Å²) in [7, 11) is 0. The Morgan fingerprint density at radius 3 is 2.58 bits per heavy atom. The van der Waals surface area contributed by atoms with Gasteiger partial charge in [0.05, 0.1) is 5.71 Å². The van der Waals surface area contributed by atoms with Gasteiger partial charge in [-0.15, -0.1) is 0 Å². The second-order valence-electron chi connectivity index (χ2n) is 11.5. The van der Waals surface area contributed by atoms with Crippen LogP contribution in [-0.2, 0) is 16.1 Å². The summed E-state index contributed by atoms with van der Waals surface area (Å²) in [5.74, 6) is 2.75. The minimum Gasteiger partial charge on any atom is -0.300 e. The molecule has 1 aromatic heterocycles. The molecule has 0 bridgehead atoms. The maximum atomic E-state index is 12.4. The van der Waals surface area contributed by atoms with Crippen molar-refractivity contribution < 1.29 is 14.2 Å². The zero-order valence-electron chi connectivity index (χ0n) is 20.3. The summed E-state index contributed by atoms with van der Waals surface area (Å²) in [6.07, 6.45) is 15.2. The molecule has 3 fully saturated rings. The van der Waals surface area contributed by atoms with E-state index in [2.05, 4.69) is 30.5 Å². The highest BCUT2D eigenvalue weighted by Crippen LogP contribution is 2.66. The molecular formula is C28H38N3O2+. The Kier molecular flexibility index (Phi) is 5.78. The number of allylic oxidation sites excluding steroid dienone is 2. The van der Waals surface area contributed by atoms with Crippen molar-refractivity contribution >= 4 is 17.4 Å². The molecule has 0 spiro atoms. The topological polar surface area (TPSA) is 62.4 Å². The Morgan fingerprint density at radius 1 is 1.03 bits per heavy atom. The van der Waals surface area contributed by atoms with Crippen LogP contribution in [-0.4, -0.2) is 17.4 Å². The molecule has 0 unspecified atom stereocenters. The molecule has 176 valence electrons. The quantitative estimate of drug-likeness (QED) is 0.540. The van der Waals surface area contributed by atoms with Crippen LogP contribution in [0.2, 0.25) is 0 Å². The van der Waals surface area contributed by atoms with Gasteiger partial charge in [-0.25, -0.2) is 5.43 Å². The molecule has 0 saturated heterocycles. The van der Waals surface area contributed by atoms with Crippen molar-refractivity contribution in [1.29, 1.82) is 0 Å². The summed E-state index contributed by atoms with van der Waals surface area (Å²) in [6, 6.07) is 5.78. The van der Waals surface area contributed by atoms with Gasteiger partial charge in [0.25, 0.3) is 0 Å². The average molecular weight is 449 g/mol. The number of ketones is 1. The van der Waals surface area contributed by atoms with Crippen LogP contribution in [0.1, 0.15) is 72.1 Å². The van der Waals surface area contributed by atoms with E-state index in [1.165, 1.54) is 31.3 Å². The van der Waals surface area contributed by atoms with E-state index in [0.717, 1.165) is 37.3 Å². The van der Waals surface area contributed by atoms with E-state index in [1.807, 2.05) is 42.1 Å². The molecule has 3 saturated carbocycles. The third kappa shape index (κ3) is 3.87. The van der Waals surface area contributed by atoms with E-state index >= 15 is 0 Å². The van der Waals surface area contributed by atoms with Gasteiger partial charge in [0.2, 0.25) is 6.54 Å². The van der Waals surface area contributed by atoms with Gasteiger partial charge in [0.15, 0.2) is 12.4 Å². The molecule has 0 aliphatic heterocycles. The van der Waals surface area contributed by atoms with Crippen molar-refractivity contribution in [3.8, 4) is 0 Å². The number of nitrogens with zero attached hydrogens (tertiary/aromatic N) is 2. The van der Waals surface area contributed by atoms with Gasteiger partial charge in [-0.05, 0) is 93.0 Å². The molecule has 0 aromatic carbocycles. The monoisotopic (exact) mass is 448 g/mol. The van der Waals surface area contributed by atoms with E-state index in [4.69, 9.17) is 0 Å². The number of Topliss-reactive ketones (excluding diaryl/α,β-unsaturated/α-hetero) is 1. The number of nitrogens with one attached hydrogen (secondary N) is 1. The van der Waals surface area contributed by atoms with Gasteiger partial charge in [0.1, 0.15) is 5.78 Å². The first kappa shape index (κ1) is 22.5. The van der Waals surface area contributed by atoms with Crippen LogP contribution >= 0.6 is 0 Å². The first-order valence-corrected chi connectivity index (χ1v) is 12.8. The normalized spacial score (nSPS) is 38.6. The fraction of sp³-hybridized carbons (Fsp3) is 0.643. The number of amides is 1. The van der Waals surface area contributed by atoms with Crippen LogP contribution in [0.5, 0.6) is 0 Å². The van der Waals surface area contributed by atoms with Crippen LogP contribution in [0.4, 0.5) is 0 Å². The summed E-state index contributed by atoms with van der Waals surface area (Å²) >= 11 is 0. The van der Waals surface area contributed by atoms with Gasteiger partial charge in [0, 0.05) is 18.1 Å². The molecule has 1 amide bonds. The zero-order valence-corrected chi connectivity index (χ0v) is 20.3. The lowest BCUT2D eigenvalue weighted by molar-refractivity contribution is -0.684. The van der Waals surface area contributed by atoms with Crippen molar-refractivity contribution in [2.24, 2.45) is 39.6 Å². The fourth-order valence-corrected chi connectivity index (χ4v) is 8.20. The number of hydrogen-bond acceptors (Lipinski definition) is 3. The molecule has 6 atom stereocenters. The Labute approximate surface area is 197 Å². The lowest BCUT2D eigenvalue weighted by atomic mass is 9.46. The Bertz CT molecular complexity index is 1000. The summed E-state index contributed by atoms with van der Waals surface area (Å²) in [4.78, 5) is 24.7. The third-order valence-corrected chi connectivity index (χ3v) is 9.90. The molecule has 1 aromatic rings. The standard InChI is InChI=1S/C28H37N3O2/c1-19(32)23-9-10-24-22-8-7-20-17-21(29-30-26(33)18-31-15-5-4-6-16-31)11-13-27(20,2)25(22)12-14-28(23,24)3/h4-6,15-17,22-25H,7-14,18H2,1-3H3/p+1/b29-21-/t22-,23+,24-,25-,27-,28+/m0/s1. The molecule has 5 rings (SSSR count). The van der Waals surface area contributed by atoms with E-state index in [1.54, 1.807) is 0 Å². The number of fused-ring (bicyclic) bond motifs is 5. The number of carbonyl (C=O) groups is 2. The van der Waals surface area contributed by atoms with Crippen LogP contribution in [0.3, 0.4) is 0 Å². The van der Waals surface area contributed by atoms with Crippen molar-refractivity contribution in [2.75, 3.05) is 0 Å². The second-order valence-corrected chi connectivity index (χ2v) is 11.5. The molecular weight excluding hydrogens is 410 g/mol. The summed E-state index contributed by atoms with van der Waals surface area (Å²) in [6.45, 7) is 6.99. The van der Waals surface area contributed by atoms with Crippen molar-refractivity contribution in [3.63, 3.8) is 0 Å². The largest absolute Gasteiger partial charge is 0.305 e. The van der Waals surface area contributed by atoms with E-state index in [9.17, 15) is 9.59 Å². The maximum Gasteiger partial charge on any atom is 0.305 e. The fourth-order valence-electron chi connectivity index (χ4n) is 8.20. The molecule has 33 heavy (non-hydrogen) atoms. The summed E-state index contributed by atoms with van der Waals surface area (Å²) in [5, 5.41) is 4.49. The maximum absolute atomic E-state index is 12.4. The van der Waals surface area contributed by atoms with Gasteiger partial charge in [-0.1, -0.05) is 25.5 Å². The lowest BCUT2D eigenvalue weighted by Gasteiger charge is -2.58. The second kappa shape index (κ2) is 8.48. The van der Waals surface area contributed by atoms with Crippen molar-refractivity contribution in [3.05, 3.63) is 42.2 Å². The predicted molar refractivity (Wildman–Crippen MR) is 128 cm³/mol. The van der Waals surface area contributed by atoms with Crippen LogP contribution in [0.15, 0.2) is 47.3 Å². The molecule has 5 nitrogen and oxygen atoms in total. The molecule has 1 heterocycles. The highest BCUT2D eigenvalue weighted by molar-refractivity contribution is 5.97. The van der Waals surface area contributed by atoms with E-state index < -0.39 is 0 Å². The van der Waals surface area contributed by atoms with E-state index in [-0.39, 0.29) is 29.2 Å². The van der Waals surface area contributed by atoms with Crippen molar-refractivity contribution in [1.82, 2.24) is 5.43 Å².